The van der Waals surface area contributed by atoms with Crippen molar-refractivity contribution in [3.8, 4) is 0 Å². The van der Waals surface area contributed by atoms with Gasteiger partial charge in [0.2, 0.25) is 0 Å². The molecule has 6 nitrogen and oxygen atoms in total. The SMILES string of the molecule is Cc1ccc(C(=O)n2ccc3cc(S(=O)(=O)Nc4nccs4)ccc32)cc1C. The van der Waals surface area contributed by atoms with E-state index in [1.165, 1.54) is 28.2 Å². The second-order valence-corrected chi connectivity index (χ2v) is 9.03. The summed E-state index contributed by atoms with van der Waals surface area (Å²) >= 11 is 1.21. The molecule has 142 valence electrons. The molecular formula is C20H17N3O3S2. The highest BCUT2D eigenvalue weighted by atomic mass is 32.2. The Balaban J connectivity index is 1.70. The summed E-state index contributed by atoms with van der Waals surface area (Å²) in [6, 6.07) is 12.0. The minimum Gasteiger partial charge on any atom is -0.283 e. The molecule has 0 saturated carbocycles. The molecule has 4 aromatic rings. The molecular weight excluding hydrogens is 394 g/mol. The van der Waals surface area contributed by atoms with Crippen molar-refractivity contribution >= 4 is 43.3 Å². The van der Waals surface area contributed by atoms with Gasteiger partial charge in [0.15, 0.2) is 5.13 Å². The molecule has 4 rings (SSSR count). The van der Waals surface area contributed by atoms with Gasteiger partial charge in [-0.25, -0.2) is 13.4 Å². The molecule has 2 aromatic carbocycles. The van der Waals surface area contributed by atoms with Crippen LogP contribution in [0.15, 0.2) is 65.1 Å². The van der Waals surface area contributed by atoms with E-state index in [0.29, 0.717) is 21.6 Å². The van der Waals surface area contributed by atoms with E-state index in [2.05, 4.69) is 9.71 Å². The molecule has 0 fully saturated rings. The van der Waals surface area contributed by atoms with Gasteiger partial charge in [-0.3, -0.25) is 14.1 Å². The fraction of sp³-hybridized carbons (Fsp3) is 0.100. The molecule has 0 aliphatic rings. The highest BCUT2D eigenvalue weighted by Gasteiger charge is 2.18. The van der Waals surface area contributed by atoms with Crippen molar-refractivity contribution in [2.45, 2.75) is 18.7 Å². The van der Waals surface area contributed by atoms with E-state index in [1.54, 1.807) is 35.8 Å². The maximum Gasteiger partial charge on any atom is 0.263 e. The zero-order chi connectivity index (χ0) is 19.9. The van der Waals surface area contributed by atoms with E-state index in [4.69, 9.17) is 0 Å². The number of carbonyl (C=O) groups excluding carboxylic acids is 1. The van der Waals surface area contributed by atoms with Crippen molar-refractivity contribution in [3.63, 3.8) is 0 Å². The van der Waals surface area contributed by atoms with Crippen LogP contribution in [0, 0.1) is 13.8 Å². The summed E-state index contributed by atoms with van der Waals surface area (Å²) in [6.07, 6.45) is 3.19. The van der Waals surface area contributed by atoms with Gasteiger partial charge in [-0.15, -0.1) is 11.3 Å². The van der Waals surface area contributed by atoms with Crippen molar-refractivity contribution in [3.05, 3.63) is 76.9 Å². The number of nitrogens with zero attached hydrogens (tertiary/aromatic N) is 2. The fourth-order valence-corrected chi connectivity index (χ4v) is 4.75. The molecule has 0 amide bonds. The Morgan fingerprint density at radius 3 is 2.61 bits per heavy atom. The van der Waals surface area contributed by atoms with Crippen molar-refractivity contribution in [2.24, 2.45) is 0 Å². The van der Waals surface area contributed by atoms with Crippen LogP contribution in [0.25, 0.3) is 10.9 Å². The van der Waals surface area contributed by atoms with Crippen LogP contribution in [0.3, 0.4) is 0 Å². The van der Waals surface area contributed by atoms with E-state index in [-0.39, 0.29) is 10.8 Å². The van der Waals surface area contributed by atoms with E-state index >= 15 is 0 Å². The number of aromatic nitrogens is 2. The zero-order valence-electron chi connectivity index (χ0n) is 15.2. The summed E-state index contributed by atoms with van der Waals surface area (Å²) in [7, 11) is -3.74. The van der Waals surface area contributed by atoms with Crippen molar-refractivity contribution < 1.29 is 13.2 Å². The molecule has 0 aliphatic heterocycles. The Morgan fingerprint density at radius 2 is 1.89 bits per heavy atom. The van der Waals surface area contributed by atoms with Crippen LogP contribution in [0.2, 0.25) is 0 Å². The molecule has 2 aromatic heterocycles. The molecule has 8 heteroatoms. The number of rotatable bonds is 4. The number of hydrogen-bond acceptors (Lipinski definition) is 5. The van der Waals surface area contributed by atoms with Crippen LogP contribution < -0.4 is 4.72 Å². The number of anilines is 1. The average Bonchev–Trinajstić information content (AvgIpc) is 3.32. The zero-order valence-corrected chi connectivity index (χ0v) is 16.8. The van der Waals surface area contributed by atoms with Crippen molar-refractivity contribution in [1.82, 2.24) is 9.55 Å². The predicted octanol–water partition coefficient (Wildman–Crippen LogP) is 4.20. The van der Waals surface area contributed by atoms with Gasteiger partial charge in [-0.05, 0) is 61.4 Å². The monoisotopic (exact) mass is 411 g/mol. The molecule has 0 bridgehead atoms. The topological polar surface area (TPSA) is 81.1 Å². The Bertz CT molecular complexity index is 1290. The molecule has 0 aliphatic carbocycles. The van der Waals surface area contributed by atoms with Crippen molar-refractivity contribution in [1.29, 1.82) is 0 Å². The van der Waals surface area contributed by atoms with E-state index in [9.17, 15) is 13.2 Å². The molecule has 0 spiro atoms. The Hall–Kier alpha value is -2.97. The number of fused-ring (bicyclic) bond motifs is 1. The normalized spacial score (nSPS) is 11.6. The molecule has 0 atom stereocenters. The molecule has 1 N–H and O–H groups in total. The number of benzene rings is 2. The van der Waals surface area contributed by atoms with E-state index in [1.807, 2.05) is 26.0 Å². The number of carbonyl (C=O) groups is 1. The van der Waals surface area contributed by atoms with Crippen LogP contribution in [-0.4, -0.2) is 23.9 Å². The first kappa shape index (κ1) is 18.4. The minimum atomic E-state index is -3.74. The Kier molecular flexibility index (Phi) is 4.52. The molecule has 2 heterocycles. The van der Waals surface area contributed by atoms with Gasteiger partial charge in [-0.1, -0.05) is 6.07 Å². The van der Waals surface area contributed by atoms with Crippen LogP contribution in [0.1, 0.15) is 21.5 Å². The molecule has 28 heavy (non-hydrogen) atoms. The van der Waals surface area contributed by atoms with E-state index in [0.717, 1.165) is 11.1 Å². The third-order valence-corrected chi connectivity index (χ3v) is 6.75. The fourth-order valence-electron chi connectivity index (χ4n) is 2.93. The summed E-state index contributed by atoms with van der Waals surface area (Å²) in [5.41, 5.74) is 3.40. The lowest BCUT2D eigenvalue weighted by atomic mass is 10.1. The standard InChI is InChI=1S/C20H17N3O3S2/c1-13-3-4-16(11-14(13)2)19(24)23-9-7-15-12-17(5-6-18(15)23)28(25,26)22-20-21-8-10-27-20/h3-12H,1-2H3,(H,21,22). The summed E-state index contributed by atoms with van der Waals surface area (Å²) < 4.78 is 29.1. The molecule has 0 radical (unpaired) electrons. The Labute approximate surface area is 166 Å². The Morgan fingerprint density at radius 1 is 1.07 bits per heavy atom. The van der Waals surface area contributed by atoms with Gasteiger partial charge in [0, 0.05) is 28.7 Å². The van der Waals surface area contributed by atoms with Gasteiger partial charge in [0.25, 0.3) is 15.9 Å². The number of aryl methyl sites for hydroxylation is 2. The highest BCUT2D eigenvalue weighted by molar-refractivity contribution is 7.93. The van der Waals surface area contributed by atoms with Gasteiger partial charge in [-0.2, -0.15) is 0 Å². The summed E-state index contributed by atoms with van der Waals surface area (Å²) in [4.78, 5) is 17.0. The summed E-state index contributed by atoms with van der Waals surface area (Å²) in [6.45, 7) is 3.96. The maximum absolute atomic E-state index is 12.9. The summed E-state index contributed by atoms with van der Waals surface area (Å²) in [5.74, 6) is -0.158. The number of sulfonamides is 1. The number of nitrogens with one attached hydrogen (secondary N) is 1. The van der Waals surface area contributed by atoms with Crippen molar-refractivity contribution in [2.75, 3.05) is 4.72 Å². The van der Waals surface area contributed by atoms with Gasteiger partial charge in [0.05, 0.1) is 10.4 Å². The molecule has 0 saturated heterocycles. The first-order chi connectivity index (χ1) is 13.3. The second-order valence-electron chi connectivity index (χ2n) is 6.45. The third kappa shape index (κ3) is 3.32. The van der Waals surface area contributed by atoms with Gasteiger partial charge in [0.1, 0.15) is 0 Å². The maximum atomic E-state index is 12.9. The largest absolute Gasteiger partial charge is 0.283 e. The van der Waals surface area contributed by atoms with Gasteiger partial charge < -0.3 is 0 Å². The lowest BCUT2D eigenvalue weighted by Gasteiger charge is -2.08. The second kappa shape index (κ2) is 6.88. The first-order valence-electron chi connectivity index (χ1n) is 8.50. The third-order valence-electron chi connectivity index (χ3n) is 4.60. The highest BCUT2D eigenvalue weighted by Crippen LogP contribution is 2.24. The smallest absolute Gasteiger partial charge is 0.263 e. The predicted molar refractivity (Wildman–Crippen MR) is 111 cm³/mol. The minimum absolute atomic E-state index is 0.117. The van der Waals surface area contributed by atoms with Gasteiger partial charge >= 0.3 is 0 Å². The first-order valence-corrected chi connectivity index (χ1v) is 10.9. The quantitative estimate of drug-likeness (QED) is 0.546. The van der Waals surface area contributed by atoms with Crippen LogP contribution in [0.4, 0.5) is 5.13 Å². The number of thiazole rings is 1. The van der Waals surface area contributed by atoms with Crippen LogP contribution in [0.5, 0.6) is 0 Å². The van der Waals surface area contributed by atoms with Crippen LogP contribution >= 0.6 is 11.3 Å². The number of hydrogen-bond donors (Lipinski definition) is 1. The van der Waals surface area contributed by atoms with E-state index < -0.39 is 10.0 Å². The summed E-state index contributed by atoms with van der Waals surface area (Å²) in [5, 5.41) is 2.67. The lowest BCUT2D eigenvalue weighted by molar-refractivity contribution is 0.0965. The lowest BCUT2D eigenvalue weighted by Crippen LogP contribution is -2.13. The average molecular weight is 412 g/mol. The van der Waals surface area contributed by atoms with Crippen LogP contribution in [-0.2, 0) is 10.0 Å². The molecule has 0 unspecified atom stereocenters.